The molecule has 3 aromatic rings. The summed E-state index contributed by atoms with van der Waals surface area (Å²) >= 11 is 7.21. The molecule has 0 saturated heterocycles. The van der Waals surface area contributed by atoms with Crippen molar-refractivity contribution in [3.05, 3.63) is 62.5 Å². The highest BCUT2D eigenvalue weighted by atomic mass is 35.5. The van der Waals surface area contributed by atoms with E-state index in [0.717, 1.165) is 10.4 Å². The van der Waals surface area contributed by atoms with Gasteiger partial charge in [-0.25, -0.2) is 4.98 Å². The lowest BCUT2D eigenvalue weighted by molar-refractivity contribution is -0.120. The van der Waals surface area contributed by atoms with Crippen LogP contribution in [0.3, 0.4) is 0 Å². The Hall–Kier alpha value is -2.18. The van der Waals surface area contributed by atoms with Crippen LogP contribution in [-0.2, 0) is 17.8 Å². The third kappa shape index (κ3) is 3.35. The first kappa shape index (κ1) is 14.7. The topological polar surface area (TPSA) is 74.8 Å². The Balaban J connectivity index is 1.63. The molecule has 3 rings (SSSR count). The number of hydrogen-bond donors (Lipinski definition) is 2. The second-order valence-corrected chi connectivity index (χ2v) is 6.29. The van der Waals surface area contributed by atoms with E-state index in [4.69, 9.17) is 11.6 Å². The van der Waals surface area contributed by atoms with E-state index in [0.29, 0.717) is 28.2 Å². The van der Waals surface area contributed by atoms with E-state index in [1.165, 1.54) is 17.7 Å². The van der Waals surface area contributed by atoms with Gasteiger partial charge in [-0.1, -0.05) is 23.7 Å². The zero-order valence-electron chi connectivity index (χ0n) is 11.4. The predicted octanol–water partition coefficient (Wildman–Crippen LogP) is 2.50. The maximum Gasteiger partial charge on any atom is 0.259 e. The minimum atomic E-state index is -0.167. The lowest BCUT2D eigenvalue weighted by atomic mass is 10.1. The van der Waals surface area contributed by atoms with Gasteiger partial charge < -0.3 is 10.3 Å². The van der Waals surface area contributed by atoms with Crippen LogP contribution in [0.2, 0.25) is 5.02 Å². The first-order valence-electron chi connectivity index (χ1n) is 6.59. The lowest BCUT2D eigenvalue weighted by Crippen LogP contribution is -2.24. The number of thiophene rings is 1. The van der Waals surface area contributed by atoms with Gasteiger partial charge in [-0.05, 0) is 23.8 Å². The van der Waals surface area contributed by atoms with Crippen LogP contribution in [0, 0.1) is 0 Å². The summed E-state index contributed by atoms with van der Waals surface area (Å²) in [6.07, 6.45) is 1.67. The van der Waals surface area contributed by atoms with Gasteiger partial charge in [0.05, 0.1) is 24.7 Å². The molecule has 2 aromatic heterocycles. The number of hydrogen-bond acceptors (Lipinski definition) is 4. The minimum Gasteiger partial charge on any atom is -0.351 e. The quantitative estimate of drug-likeness (QED) is 0.770. The summed E-state index contributed by atoms with van der Waals surface area (Å²) in [5.41, 5.74) is 0.733. The molecule has 0 bridgehead atoms. The summed E-state index contributed by atoms with van der Waals surface area (Å²) in [4.78, 5) is 31.7. The predicted molar refractivity (Wildman–Crippen MR) is 87.2 cm³/mol. The number of H-pyrrole nitrogens is 1. The molecule has 0 aliphatic carbocycles. The second kappa shape index (κ2) is 6.29. The van der Waals surface area contributed by atoms with Gasteiger partial charge in [-0.3, -0.25) is 9.59 Å². The molecule has 0 unspecified atom stereocenters. The first-order chi connectivity index (χ1) is 10.6. The van der Waals surface area contributed by atoms with E-state index < -0.39 is 0 Å². The molecule has 0 atom stereocenters. The third-order valence-corrected chi connectivity index (χ3v) is 4.42. The number of rotatable bonds is 4. The Bertz CT molecular complexity index is 870. The first-order valence-corrected chi connectivity index (χ1v) is 7.78. The van der Waals surface area contributed by atoms with Crippen molar-refractivity contribution in [1.82, 2.24) is 15.3 Å². The number of aromatic nitrogens is 2. The van der Waals surface area contributed by atoms with Gasteiger partial charge in [-0.2, -0.15) is 0 Å². The Labute approximate surface area is 135 Å². The number of halogens is 1. The number of nitrogens with zero attached hydrogens (tertiary/aromatic N) is 1. The fourth-order valence-electron chi connectivity index (χ4n) is 2.04. The molecule has 0 aliphatic rings. The maximum absolute atomic E-state index is 11.9. The van der Waals surface area contributed by atoms with E-state index in [1.54, 1.807) is 18.2 Å². The van der Waals surface area contributed by atoms with Gasteiger partial charge in [0.1, 0.15) is 4.83 Å². The molecule has 2 heterocycles. The van der Waals surface area contributed by atoms with E-state index in [-0.39, 0.29) is 11.5 Å². The molecule has 0 radical (unpaired) electrons. The molecular formula is C15H12ClN3O2S. The molecule has 5 nitrogen and oxygen atoms in total. The van der Waals surface area contributed by atoms with Crippen LogP contribution in [0.15, 0.2) is 41.5 Å². The van der Waals surface area contributed by atoms with Gasteiger partial charge in [0, 0.05) is 9.90 Å². The van der Waals surface area contributed by atoms with Crippen LogP contribution in [0.4, 0.5) is 0 Å². The zero-order valence-corrected chi connectivity index (χ0v) is 13.0. The van der Waals surface area contributed by atoms with Crippen molar-refractivity contribution in [1.29, 1.82) is 0 Å². The van der Waals surface area contributed by atoms with Crippen LogP contribution < -0.4 is 10.9 Å². The average molecular weight is 334 g/mol. The zero-order chi connectivity index (χ0) is 15.5. The third-order valence-electron chi connectivity index (χ3n) is 3.12. The highest BCUT2D eigenvalue weighted by Crippen LogP contribution is 2.20. The Morgan fingerprint density at radius 3 is 2.82 bits per heavy atom. The number of fused-ring (bicyclic) bond motifs is 1. The molecular weight excluding hydrogens is 322 g/mol. The molecule has 2 N–H and O–H groups in total. The fourth-order valence-corrected chi connectivity index (χ4v) is 3.10. The molecule has 112 valence electrons. The van der Waals surface area contributed by atoms with Crippen molar-refractivity contribution < 1.29 is 4.79 Å². The van der Waals surface area contributed by atoms with Crippen molar-refractivity contribution in [3.8, 4) is 0 Å². The number of carbonyl (C=O) groups is 1. The SMILES string of the molecule is O=C(Cc1ccc(Cl)cc1)NCc1cc2c(=O)[nH]cnc2s1. The van der Waals surface area contributed by atoms with E-state index >= 15 is 0 Å². The summed E-state index contributed by atoms with van der Waals surface area (Å²) < 4.78 is 0. The van der Waals surface area contributed by atoms with Crippen molar-refractivity contribution in [2.45, 2.75) is 13.0 Å². The van der Waals surface area contributed by atoms with Crippen LogP contribution in [-0.4, -0.2) is 15.9 Å². The average Bonchev–Trinajstić information content (AvgIpc) is 2.92. The highest BCUT2D eigenvalue weighted by molar-refractivity contribution is 7.18. The molecule has 7 heteroatoms. The standard InChI is InChI=1S/C15H12ClN3O2S/c16-10-3-1-9(2-4-10)5-13(20)17-7-11-6-12-14(21)18-8-19-15(12)22-11/h1-4,6,8H,5,7H2,(H,17,20)(H,18,19,21). The number of nitrogens with one attached hydrogen (secondary N) is 2. The molecule has 0 spiro atoms. The van der Waals surface area contributed by atoms with E-state index in [1.807, 2.05) is 12.1 Å². The molecule has 0 aliphatic heterocycles. The minimum absolute atomic E-state index is 0.0818. The highest BCUT2D eigenvalue weighted by Gasteiger charge is 2.08. The molecule has 1 aromatic carbocycles. The van der Waals surface area contributed by atoms with Crippen LogP contribution >= 0.6 is 22.9 Å². The number of benzene rings is 1. The van der Waals surface area contributed by atoms with Crippen LogP contribution in [0.1, 0.15) is 10.4 Å². The maximum atomic E-state index is 11.9. The molecule has 0 fully saturated rings. The van der Waals surface area contributed by atoms with Gasteiger partial charge in [-0.15, -0.1) is 11.3 Å². The van der Waals surface area contributed by atoms with E-state index in [9.17, 15) is 9.59 Å². The van der Waals surface area contributed by atoms with Gasteiger partial charge in [0.15, 0.2) is 0 Å². The van der Waals surface area contributed by atoms with Crippen molar-refractivity contribution in [2.75, 3.05) is 0 Å². The Morgan fingerprint density at radius 1 is 1.32 bits per heavy atom. The monoisotopic (exact) mass is 333 g/mol. The van der Waals surface area contributed by atoms with Crippen LogP contribution in [0.5, 0.6) is 0 Å². The van der Waals surface area contributed by atoms with Crippen molar-refractivity contribution in [2.24, 2.45) is 0 Å². The lowest BCUT2D eigenvalue weighted by Gasteiger charge is -2.03. The number of amides is 1. The van der Waals surface area contributed by atoms with Crippen molar-refractivity contribution in [3.63, 3.8) is 0 Å². The van der Waals surface area contributed by atoms with Gasteiger partial charge >= 0.3 is 0 Å². The molecule has 0 saturated carbocycles. The Kier molecular flexibility index (Phi) is 4.22. The van der Waals surface area contributed by atoms with Gasteiger partial charge in [0.2, 0.25) is 5.91 Å². The Morgan fingerprint density at radius 2 is 2.09 bits per heavy atom. The summed E-state index contributed by atoms with van der Waals surface area (Å²) in [6.45, 7) is 0.382. The molecule has 22 heavy (non-hydrogen) atoms. The largest absolute Gasteiger partial charge is 0.351 e. The number of carbonyl (C=O) groups excluding carboxylic acids is 1. The van der Waals surface area contributed by atoms with Crippen molar-refractivity contribution >= 4 is 39.1 Å². The van der Waals surface area contributed by atoms with Gasteiger partial charge in [0.25, 0.3) is 5.56 Å². The smallest absolute Gasteiger partial charge is 0.259 e. The number of aromatic amines is 1. The van der Waals surface area contributed by atoms with E-state index in [2.05, 4.69) is 15.3 Å². The summed E-state index contributed by atoms with van der Waals surface area (Å²) in [5.74, 6) is -0.0818. The normalized spacial score (nSPS) is 10.8. The summed E-state index contributed by atoms with van der Waals surface area (Å²) in [6, 6.07) is 8.92. The summed E-state index contributed by atoms with van der Waals surface area (Å²) in [7, 11) is 0. The molecule has 1 amide bonds. The fraction of sp³-hybridized carbons (Fsp3) is 0.133. The van der Waals surface area contributed by atoms with Crippen LogP contribution in [0.25, 0.3) is 10.2 Å². The summed E-state index contributed by atoms with van der Waals surface area (Å²) in [5, 5.41) is 4.04. The second-order valence-electron chi connectivity index (χ2n) is 4.74.